The fourth-order valence-electron chi connectivity index (χ4n) is 7.04. The van der Waals surface area contributed by atoms with Crippen molar-refractivity contribution in [2.75, 3.05) is 0 Å². The van der Waals surface area contributed by atoms with Crippen LogP contribution in [0.4, 0.5) is 0 Å². The number of aliphatic hydroxyl groups is 1. The Morgan fingerprint density at radius 2 is 1.52 bits per heavy atom. The monoisotopic (exact) mass is 570 g/mol. The second-order valence-corrected chi connectivity index (χ2v) is 13.9. The third kappa shape index (κ3) is 5.70. The van der Waals surface area contributed by atoms with Crippen LogP contribution in [0.3, 0.4) is 0 Å². The quantitative estimate of drug-likeness (QED) is 0.163. The predicted molar refractivity (Wildman–Crippen MR) is 172 cm³/mol. The maximum Gasteiger partial charge on any atom is 0.184 e. The molecular formula is C38H50O4. The Kier molecular flexibility index (Phi) is 9.92. The first-order valence-electron chi connectivity index (χ1n) is 15.2. The second-order valence-electron chi connectivity index (χ2n) is 13.9. The van der Waals surface area contributed by atoms with Gasteiger partial charge in [-0.15, -0.1) is 0 Å². The van der Waals surface area contributed by atoms with Crippen molar-refractivity contribution in [2.24, 2.45) is 28.1 Å². The molecule has 0 heterocycles. The maximum absolute atomic E-state index is 15.3. The Morgan fingerprint density at radius 1 is 0.952 bits per heavy atom. The normalized spacial score (nSPS) is 25.4. The number of benzene rings is 1. The van der Waals surface area contributed by atoms with E-state index in [9.17, 15) is 14.7 Å². The number of allylic oxidation sites excluding steroid dienone is 9. The lowest BCUT2D eigenvalue weighted by Gasteiger charge is -2.60. The van der Waals surface area contributed by atoms with Gasteiger partial charge in [-0.25, -0.2) is 0 Å². The van der Waals surface area contributed by atoms with E-state index < -0.39 is 33.6 Å². The van der Waals surface area contributed by atoms with Crippen molar-refractivity contribution < 1.29 is 19.5 Å². The summed E-state index contributed by atoms with van der Waals surface area (Å²) in [5.41, 5.74) is 0.389. The van der Waals surface area contributed by atoms with Crippen molar-refractivity contribution in [1.29, 1.82) is 0 Å². The van der Waals surface area contributed by atoms with Gasteiger partial charge in [0.1, 0.15) is 5.76 Å². The SMILES string of the molecule is C=C(C)[C@@H](CC=C(C)C)C[C@@]12C[C@@H](CC=C(C)C)C(C)(C)[C@@](C(=O)c3ccccc3)(C(=O)C(CC=C(C)C)=C1O)C2=O. The number of ketones is 3. The van der Waals surface area contributed by atoms with Gasteiger partial charge in [-0.05, 0) is 97.8 Å². The molecule has 4 atom stereocenters. The molecule has 2 aliphatic carbocycles. The van der Waals surface area contributed by atoms with E-state index in [0.29, 0.717) is 31.2 Å². The molecule has 3 rings (SSSR count). The summed E-state index contributed by atoms with van der Waals surface area (Å²) in [7, 11) is 0. The van der Waals surface area contributed by atoms with Gasteiger partial charge in [0.05, 0.1) is 5.41 Å². The smallest absolute Gasteiger partial charge is 0.184 e. The van der Waals surface area contributed by atoms with Crippen LogP contribution in [0.5, 0.6) is 0 Å². The second kappa shape index (κ2) is 12.5. The maximum atomic E-state index is 15.3. The molecule has 1 saturated carbocycles. The van der Waals surface area contributed by atoms with E-state index >= 15 is 4.79 Å². The average Bonchev–Trinajstić information content (AvgIpc) is 2.91. The molecule has 1 aromatic rings. The molecule has 1 fully saturated rings. The Morgan fingerprint density at radius 3 is 2.05 bits per heavy atom. The topological polar surface area (TPSA) is 71.4 Å². The van der Waals surface area contributed by atoms with E-state index in [-0.39, 0.29) is 29.6 Å². The fraction of sp³-hybridized carbons (Fsp3) is 0.500. The van der Waals surface area contributed by atoms with Crippen molar-refractivity contribution in [3.05, 3.63) is 94.3 Å². The summed E-state index contributed by atoms with van der Waals surface area (Å²) < 4.78 is 0. The van der Waals surface area contributed by atoms with Crippen LogP contribution in [0.15, 0.2) is 88.8 Å². The van der Waals surface area contributed by atoms with Gasteiger partial charge in [0.25, 0.3) is 0 Å². The van der Waals surface area contributed by atoms with Crippen LogP contribution in [-0.2, 0) is 9.59 Å². The van der Waals surface area contributed by atoms with Gasteiger partial charge in [-0.3, -0.25) is 14.4 Å². The summed E-state index contributed by atoms with van der Waals surface area (Å²) in [4.78, 5) is 44.9. The molecule has 0 amide bonds. The molecule has 42 heavy (non-hydrogen) atoms. The Labute approximate surface area is 253 Å². The molecule has 0 aliphatic heterocycles. The molecule has 0 saturated heterocycles. The van der Waals surface area contributed by atoms with Crippen molar-refractivity contribution in [3.63, 3.8) is 0 Å². The fourth-order valence-corrected chi connectivity index (χ4v) is 7.04. The molecule has 226 valence electrons. The van der Waals surface area contributed by atoms with Gasteiger partial charge >= 0.3 is 0 Å². The number of carbonyl (C=O) groups excluding carboxylic acids is 3. The zero-order valence-electron chi connectivity index (χ0n) is 27.2. The molecule has 0 aromatic heterocycles. The van der Waals surface area contributed by atoms with Crippen molar-refractivity contribution >= 4 is 17.3 Å². The minimum atomic E-state index is -1.96. The first-order chi connectivity index (χ1) is 19.5. The van der Waals surface area contributed by atoms with E-state index in [2.05, 4.69) is 18.7 Å². The summed E-state index contributed by atoms with van der Waals surface area (Å²) in [5.74, 6) is -1.92. The average molecular weight is 571 g/mol. The van der Waals surface area contributed by atoms with E-state index in [4.69, 9.17) is 0 Å². The predicted octanol–water partition coefficient (Wildman–Crippen LogP) is 9.50. The van der Waals surface area contributed by atoms with Gasteiger partial charge in [0.15, 0.2) is 22.8 Å². The molecule has 2 bridgehead atoms. The highest BCUT2D eigenvalue weighted by Crippen LogP contribution is 2.66. The van der Waals surface area contributed by atoms with Crippen LogP contribution in [0, 0.1) is 28.1 Å². The van der Waals surface area contributed by atoms with Gasteiger partial charge in [0.2, 0.25) is 0 Å². The lowest BCUT2D eigenvalue weighted by molar-refractivity contribution is -0.166. The van der Waals surface area contributed by atoms with Crippen molar-refractivity contribution in [1.82, 2.24) is 0 Å². The summed E-state index contributed by atoms with van der Waals surface area (Å²) in [6.07, 6.45) is 8.26. The number of fused-ring (bicyclic) bond motifs is 2. The largest absolute Gasteiger partial charge is 0.511 e. The number of carbonyl (C=O) groups is 3. The molecule has 0 radical (unpaired) electrons. The summed E-state index contributed by atoms with van der Waals surface area (Å²) in [5, 5.41) is 12.2. The van der Waals surface area contributed by atoms with Crippen LogP contribution in [-0.4, -0.2) is 22.5 Å². The van der Waals surface area contributed by atoms with Gasteiger partial charge in [0, 0.05) is 11.1 Å². The third-order valence-corrected chi connectivity index (χ3v) is 9.72. The number of rotatable bonds is 11. The molecule has 1 N–H and O–H groups in total. The molecule has 0 unspecified atom stereocenters. The molecule has 4 nitrogen and oxygen atoms in total. The van der Waals surface area contributed by atoms with Crippen LogP contribution < -0.4 is 0 Å². The minimum absolute atomic E-state index is 0.112. The minimum Gasteiger partial charge on any atom is -0.511 e. The number of aliphatic hydroxyl groups excluding tert-OH is 1. The third-order valence-electron chi connectivity index (χ3n) is 9.72. The van der Waals surface area contributed by atoms with E-state index in [1.165, 1.54) is 0 Å². The van der Waals surface area contributed by atoms with Crippen LogP contribution >= 0.6 is 0 Å². The molecule has 0 spiro atoms. The van der Waals surface area contributed by atoms with Crippen LogP contribution in [0.1, 0.15) is 105 Å². The zero-order chi connectivity index (χ0) is 31.6. The van der Waals surface area contributed by atoms with Crippen LogP contribution in [0.2, 0.25) is 0 Å². The van der Waals surface area contributed by atoms with Crippen LogP contribution in [0.25, 0.3) is 0 Å². The number of Topliss-reactive ketones (excluding diaryl/α,β-unsaturated/α-hetero) is 3. The van der Waals surface area contributed by atoms with E-state index in [1.807, 2.05) is 74.5 Å². The van der Waals surface area contributed by atoms with E-state index in [1.54, 1.807) is 24.3 Å². The van der Waals surface area contributed by atoms with E-state index in [0.717, 1.165) is 22.3 Å². The molecule has 2 aliphatic rings. The lowest BCUT2D eigenvalue weighted by Crippen LogP contribution is -2.70. The highest BCUT2D eigenvalue weighted by Gasteiger charge is 2.75. The number of hydrogen-bond acceptors (Lipinski definition) is 4. The molecule has 1 aromatic carbocycles. The Hall–Kier alpha value is -3.27. The standard InChI is InChI=1S/C38H50O4/c1-24(2)16-19-29(27(7)8)22-37-23-30(20-17-25(3)4)36(9,10)38(35(37)42,32(39)28-14-12-11-13-15-28)34(41)31(33(37)40)21-18-26(5)6/h11-18,29-30,40H,7,19-23H2,1-6,8-10H3/t29-,30+,37+,38-/m0/s1. The highest BCUT2D eigenvalue weighted by molar-refractivity contribution is 6.36. The van der Waals surface area contributed by atoms with Crippen molar-refractivity contribution in [3.8, 4) is 0 Å². The Balaban J connectivity index is 2.45. The zero-order valence-corrected chi connectivity index (χ0v) is 27.2. The summed E-state index contributed by atoms with van der Waals surface area (Å²) in [6.45, 7) is 22.1. The van der Waals surface area contributed by atoms with Gasteiger partial charge in [-0.2, -0.15) is 0 Å². The highest BCUT2D eigenvalue weighted by atomic mass is 16.3. The number of hydrogen-bond donors (Lipinski definition) is 1. The van der Waals surface area contributed by atoms with Gasteiger partial charge < -0.3 is 5.11 Å². The molecular weight excluding hydrogens is 520 g/mol. The first kappa shape index (κ1) is 33.2. The Bertz CT molecular complexity index is 1370. The first-order valence-corrected chi connectivity index (χ1v) is 15.2. The molecule has 4 heteroatoms. The summed E-state index contributed by atoms with van der Waals surface area (Å²) >= 11 is 0. The van der Waals surface area contributed by atoms with Crippen molar-refractivity contribution in [2.45, 2.75) is 94.4 Å². The van der Waals surface area contributed by atoms with Gasteiger partial charge in [-0.1, -0.05) is 91.3 Å². The lowest BCUT2D eigenvalue weighted by atomic mass is 9.39. The summed E-state index contributed by atoms with van der Waals surface area (Å²) in [6, 6.07) is 8.72.